The molecule has 2 aromatic heterocycles. The SMILES string of the molecule is Cc1cc(C)nc(NS(=O)(=O)c2ccc(NC(=O)c3c4ccccc4nc4ccccc34)cc2)n1. The van der Waals surface area contributed by atoms with Crippen LogP contribution < -0.4 is 10.0 Å². The Bertz CT molecular complexity index is 1630. The second-order valence-corrected chi connectivity index (χ2v) is 9.76. The predicted octanol–water partition coefficient (Wildman–Crippen LogP) is 4.85. The molecule has 9 heteroatoms. The van der Waals surface area contributed by atoms with Crippen molar-refractivity contribution in [1.29, 1.82) is 0 Å². The zero-order valence-electron chi connectivity index (χ0n) is 19.0. The summed E-state index contributed by atoms with van der Waals surface area (Å²) in [6.07, 6.45) is 0. The van der Waals surface area contributed by atoms with E-state index in [-0.39, 0.29) is 16.8 Å². The molecule has 2 N–H and O–H groups in total. The molecule has 174 valence electrons. The number of aromatic nitrogens is 3. The molecule has 0 aliphatic carbocycles. The van der Waals surface area contributed by atoms with Crippen LogP contribution in [0.4, 0.5) is 11.6 Å². The van der Waals surface area contributed by atoms with E-state index < -0.39 is 10.0 Å². The second kappa shape index (κ2) is 8.77. The number of nitrogens with one attached hydrogen (secondary N) is 2. The number of hydrogen-bond acceptors (Lipinski definition) is 6. The molecule has 5 aromatic rings. The van der Waals surface area contributed by atoms with E-state index in [4.69, 9.17) is 0 Å². The lowest BCUT2D eigenvalue weighted by Crippen LogP contribution is -2.16. The first kappa shape index (κ1) is 22.4. The first-order chi connectivity index (χ1) is 16.8. The lowest BCUT2D eigenvalue weighted by atomic mass is 10.0. The van der Waals surface area contributed by atoms with Crippen molar-refractivity contribution >= 4 is 49.4 Å². The van der Waals surface area contributed by atoms with Gasteiger partial charge in [-0.25, -0.2) is 28.1 Å². The van der Waals surface area contributed by atoms with Gasteiger partial charge in [-0.15, -0.1) is 0 Å². The van der Waals surface area contributed by atoms with Gasteiger partial charge in [0.05, 0.1) is 21.5 Å². The average molecular weight is 484 g/mol. The quantitative estimate of drug-likeness (QED) is 0.346. The maximum atomic E-state index is 13.3. The molecular formula is C26H21N5O3S. The molecule has 0 radical (unpaired) electrons. The molecule has 1 amide bonds. The van der Waals surface area contributed by atoms with Crippen molar-refractivity contribution in [2.24, 2.45) is 0 Å². The molecule has 0 fully saturated rings. The van der Waals surface area contributed by atoms with Gasteiger partial charge >= 0.3 is 0 Å². The number of hydrogen-bond donors (Lipinski definition) is 2. The number of para-hydroxylation sites is 2. The summed E-state index contributed by atoms with van der Waals surface area (Å²) in [4.78, 5) is 26.3. The van der Waals surface area contributed by atoms with Gasteiger partial charge in [0.1, 0.15) is 0 Å². The van der Waals surface area contributed by atoms with Gasteiger partial charge in [0, 0.05) is 27.8 Å². The van der Waals surface area contributed by atoms with Gasteiger partial charge in [-0.1, -0.05) is 36.4 Å². The van der Waals surface area contributed by atoms with Crippen LogP contribution in [0.3, 0.4) is 0 Å². The number of anilines is 2. The number of rotatable bonds is 5. The topological polar surface area (TPSA) is 114 Å². The summed E-state index contributed by atoms with van der Waals surface area (Å²) in [5, 5.41) is 4.35. The number of amides is 1. The summed E-state index contributed by atoms with van der Waals surface area (Å²) < 4.78 is 28.0. The fourth-order valence-corrected chi connectivity index (χ4v) is 4.89. The number of pyridine rings is 1. The van der Waals surface area contributed by atoms with E-state index in [0.29, 0.717) is 22.6 Å². The van der Waals surface area contributed by atoms with Gasteiger partial charge in [0.2, 0.25) is 5.95 Å². The van der Waals surface area contributed by atoms with Crippen LogP contribution in [0, 0.1) is 13.8 Å². The number of benzene rings is 3. The standard InChI is InChI=1S/C26H21N5O3S/c1-16-15-17(2)28-26(27-16)31-35(33,34)19-13-11-18(12-14-19)29-25(32)24-20-7-3-5-9-22(20)30-23-10-6-4-8-21(23)24/h3-15H,1-2H3,(H,29,32)(H,27,28,31). The third-order valence-electron chi connectivity index (χ3n) is 5.45. The van der Waals surface area contributed by atoms with Gasteiger partial charge in [0.15, 0.2) is 0 Å². The van der Waals surface area contributed by atoms with Gasteiger partial charge in [-0.05, 0) is 56.3 Å². The van der Waals surface area contributed by atoms with Crippen LogP contribution in [0.5, 0.6) is 0 Å². The van der Waals surface area contributed by atoms with E-state index in [1.54, 1.807) is 32.0 Å². The largest absolute Gasteiger partial charge is 0.322 e. The summed E-state index contributed by atoms with van der Waals surface area (Å²) in [5.74, 6) is -0.298. The molecule has 0 unspecified atom stereocenters. The highest BCUT2D eigenvalue weighted by atomic mass is 32.2. The number of nitrogens with zero attached hydrogens (tertiary/aromatic N) is 3. The highest BCUT2D eigenvalue weighted by molar-refractivity contribution is 7.92. The number of carbonyl (C=O) groups excluding carboxylic acids is 1. The summed E-state index contributed by atoms with van der Waals surface area (Å²) in [7, 11) is -3.90. The van der Waals surface area contributed by atoms with E-state index >= 15 is 0 Å². The van der Waals surface area contributed by atoms with Gasteiger partial charge < -0.3 is 5.32 Å². The number of carbonyl (C=O) groups is 1. The maximum Gasteiger partial charge on any atom is 0.264 e. The minimum Gasteiger partial charge on any atom is -0.322 e. The number of aryl methyl sites for hydroxylation is 2. The molecular weight excluding hydrogens is 462 g/mol. The van der Waals surface area contributed by atoms with Crippen molar-refractivity contribution in [3.05, 3.63) is 95.8 Å². The fourth-order valence-electron chi connectivity index (χ4n) is 3.95. The Labute approximate surface area is 202 Å². The fraction of sp³-hybridized carbons (Fsp3) is 0.0769. The minimum atomic E-state index is -3.90. The summed E-state index contributed by atoms with van der Waals surface area (Å²) in [6.45, 7) is 3.53. The lowest BCUT2D eigenvalue weighted by Gasteiger charge is -2.12. The molecule has 5 rings (SSSR count). The molecule has 0 bridgehead atoms. The van der Waals surface area contributed by atoms with Crippen molar-refractivity contribution in [2.75, 3.05) is 10.0 Å². The van der Waals surface area contributed by atoms with E-state index in [1.165, 1.54) is 12.1 Å². The summed E-state index contributed by atoms with van der Waals surface area (Å²) in [6, 6.07) is 22.6. The zero-order chi connectivity index (χ0) is 24.6. The van der Waals surface area contributed by atoms with E-state index in [2.05, 4.69) is 25.0 Å². The number of sulfonamides is 1. The second-order valence-electron chi connectivity index (χ2n) is 8.08. The highest BCUT2D eigenvalue weighted by Gasteiger charge is 2.18. The Balaban J connectivity index is 1.43. The Hall–Kier alpha value is -4.37. The van der Waals surface area contributed by atoms with Crippen LogP contribution in [-0.4, -0.2) is 29.3 Å². The zero-order valence-corrected chi connectivity index (χ0v) is 19.8. The van der Waals surface area contributed by atoms with Crippen molar-refractivity contribution in [1.82, 2.24) is 15.0 Å². The van der Waals surface area contributed by atoms with Crippen LogP contribution in [0.25, 0.3) is 21.8 Å². The van der Waals surface area contributed by atoms with Crippen molar-refractivity contribution in [3.8, 4) is 0 Å². The van der Waals surface area contributed by atoms with Gasteiger partial charge in [0.25, 0.3) is 15.9 Å². The van der Waals surface area contributed by atoms with Crippen molar-refractivity contribution in [3.63, 3.8) is 0 Å². The van der Waals surface area contributed by atoms with Gasteiger partial charge in [-0.3, -0.25) is 4.79 Å². The first-order valence-corrected chi connectivity index (χ1v) is 12.3. The third kappa shape index (κ3) is 4.53. The van der Waals surface area contributed by atoms with E-state index in [0.717, 1.165) is 21.8 Å². The van der Waals surface area contributed by atoms with Crippen LogP contribution in [0.15, 0.2) is 83.8 Å². The van der Waals surface area contributed by atoms with Gasteiger partial charge in [-0.2, -0.15) is 0 Å². The third-order valence-corrected chi connectivity index (χ3v) is 6.79. The first-order valence-electron chi connectivity index (χ1n) is 10.8. The lowest BCUT2D eigenvalue weighted by molar-refractivity contribution is 0.102. The molecule has 35 heavy (non-hydrogen) atoms. The molecule has 0 saturated heterocycles. The van der Waals surface area contributed by atoms with Crippen molar-refractivity contribution < 1.29 is 13.2 Å². The minimum absolute atomic E-state index is 0.0105. The molecule has 8 nitrogen and oxygen atoms in total. The predicted molar refractivity (Wildman–Crippen MR) is 136 cm³/mol. The molecule has 0 aliphatic heterocycles. The molecule has 0 spiro atoms. The monoisotopic (exact) mass is 483 g/mol. The van der Waals surface area contributed by atoms with Crippen LogP contribution in [0.2, 0.25) is 0 Å². The Kier molecular flexibility index (Phi) is 5.62. The molecule has 3 aromatic carbocycles. The van der Waals surface area contributed by atoms with Crippen molar-refractivity contribution in [2.45, 2.75) is 18.7 Å². The Morgan fingerprint density at radius 2 is 1.29 bits per heavy atom. The molecule has 0 saturated carbocycles. The molecule has 0 aliphatic rings. The Morgan fingerprint density at radius 1 is 0.743 bits per heavy atom. The highest BCUT2D eigenvalue weighted by Crippen LogP contribution is 2.27. The van der Waals surface area contributed by atoms with E-state index in [1.807, 2.05) is 48.5 Å². The normalized spacial score (nSPS) is 11.5. The maximum absolute atomic E-state index is 13.3. The Morgan fingerprint density at radius 3 is 1.86 bits per heavy atom. The summed E-state index contributed by atoms with van der Waals surface area (Å²) >= 11 is 0. The van der Waals surface area contributed by atoms with Crippen LogP contribution in [0.1, 0.15) is 21.7 Å². The van der Waals surface area contributed by atoms with Crippen LogP contribution >= 0.6 is 0 Å². The molecule has 2 heterocycles. The smallest absolute Gasteiger partial charge is 0.264 e. The molecule has 0 atom stereocenters. The van der Waals surface area contributed by atoms with E-state index in [9.17, 15) is 13.2 Å². The average Bonchev–Trinajstić information content (AvgIpc) is 2.81. The number of fused-ring (bicyclic) bond motifs is 2. The van der Waals surface area contributed by atoms with Crippen LogP contribution in [-0.2, 0) is 10.0 Å². The summed E-state index contributed by atoms with van der Waals surface area (Å²) in [5.41, 5.74) is 3.72.